The number of amides is 4. The Balaban J connectivity index is 0.861. The van der Waals surface area contributed by atoms with Crippen LogP contribution in [-0.4, -0.2) is 97.5 Å². The van der Waals surface area contributed by atoms with Gasteiger partial charge in [0.2, 0.25) is 17.6 Å². The lowest BCUT2D eigenvalue weighted by Gasteiger charge is -2.36. The van der Waals surface area contributed by atoms with Crippen molar-refractivity contribution in [3.8, 4) is 17.1 Å². The number of aryl methyl sites for hydroxylation is 1. The zero-order valence-electron chi connectivity index (χ0n) is 31.1. The smallest absolute Gasteiger partial charge is 0.262 e. The summed E-state index contributed by atoms with van der Waals surface area (Å²) in [5, 5.41) is 25.6. The lowest BCUT2D eigenvalue weighted by molar-refractivity contribution is -0.136. The minimum absolute atomic E-state index is 0.0869. The highest BCUT2D eigenvalue weighted by atomic mass is 16.3. The zero-order chi connectivity index (χ0) is 38.8. The van der Waals surface area contributed by atoms with Crippen LogP contribution >= 0.6 is 0 Å². The number of carbonyl (C=O) groups excluding carboxylic acids is 4. The third-order valence-electron chi connectivity index (χ3n) is 10.8. The van der Waals surface area contributed by atoms with Crippen molar-refractivity contribution < 1.29 is 24.3 Å². The van der Waals surface area contributed by atoms with Gasteiger partial charge in [0, 0.05) is 50.4 Å². The number of aromatic hydroxyl groups is 1. The molecular weight excluding hydrogens is 709 g/mol. The Morgan fingerprint density at radius 2 is 1.48 bits per heavy atom. The molecule has 3 aliphatic rings. The van der Waals surface area contributed by atoms with Gasteiger partial charge in [-0.2, -0.15) is 4.80 Å². The van der Waals surface area contributed by atoms with Crippen LogP contribution in [0.1, 0.15) is 70.0 Å². The number of piperazine rings is 1. The number of benzene rings is 4. The average molecular weight is 751 g/mol. The molecule has 0 bridgehead atoms. The number of fused-ring (bicyclic) bond motifs is 1. The first kappa shape index (κ1) is 36.5. The van der Waals surface area contributed by atoms with Gasteiger partial charge >= 0.3 is 0 Å². The molecular formula is C43H42N8O5. The van der Waals surface area contributed by atoms with Crippen molar-refractivity contribution in [2.45, 2.75) is 45.2 Å². The highest BCUT2D eigenvalue weighted by molar-refractivity contribution is 6.23. The molecule has 2 N–H and O–H groups in total. The van der Waals surface area contributed by atoms with E-state index in [4.69, 9.17) is 0 Å². The van der Waals surface area contributed by atoms with Gasteiger partial charge in [-0.05, 0) is 82.6 Å². The van der Waals surface area contributed by atoms with Crippen LogP contribution in [0.3, 0.4) is 0 Å². The van der Waals surface area contributed by atoms with Gasteiger partial charge in [0.25, 0.3) is 11.8 Å². The predicted octanol–water partition coefficient (Wildman–Crippen LogP) is 5.03. The molecule has 4 aromatic carbocycles. The van der Waals surface area contributed by atoms with Crippen LogP contribution in [0.15, 0.2) is 97.1 Å². The van der Waals surface area contributed by atoms with E-state index >= 15 is 0 Å². The summed E-state index contributed by atoms with van der Waals surface area (Å²) < 4.78 is 0. The second-order valence-corrected chi connectivity index (χ2v) is 14.3. The Morgan fingerprint density at radius 1 is 0.786 bits per heavy atom. The zero-order valence-corrected chi connectivity index (χ0v) is 31.1. The summed E-state index contributed by atoms with van der Waals surface area (Å²) in [4.78, 5) is 57.7. The summed E-state index contributed by atoms with van der Waals surface area (Å²) in [6.07, 6.45) is 1.90. The van der Waals surface area contributed by atoms with Crippen LogP contribution in [0, 0.1) is 0 Å². The summed E-state index contributed by atoms with van der Waals surface area (Å²) in [6, 6.07) is 30.2. The third kappa shape index (κ3) is 7.32. The standard InChI is InChI=1S/C43H42N8O5/c1-2-34(28-7-4-3-5-8-28)39(30-13-16-33(52)17-14-30)29-9-11-31(12-10-29)40-45-47-50(46-40)22-6-21-48-23-25-49(26-24-48)32-15-18-35-36(27-32)43(56)51(42(35)55)37-19-20-38(53)44-41(37)54/h3-5,7-18,27,37,52H,2,6,19-26H2,1H3,(H,44,53,54). The van der Waals surface area contributed by atoms with Crippen molar-refractivity contribution in [3.05, 3.63) is 125 Å². The normalized spacial score (nSPS) is 17.9. The molecule has 0 saturated carbocycles. The number of aromatic nitrogens is 4. The minimum Gasteiger partial charge on any atom is -0.508 e. The molecule has 5 aromatic rings. The SMILES string of the molecule is CCC(=C(c1ccc(O)cc1)c1ccc(-c2nnn(CCCN3CCN(c4ccc5c(c4)C(=O)N(C4CCC(=O)NC4=O)C5=O)CC3)n2)cc1)c1ccccc1. The largest absolute Gasteiger partial charge is 0.508 e. The first-order chi connectivity index (χ1) is 27.3. The molecule has 0 aliphatic carbocycles. The van der Waals surface area contributed by atoms with Gasteiger partial charge in [0.05, 0.1) is 17.7 Å². The van der Waals surface area contributed by atoms with Crippen LogP contribution in [0.2, 0.25) is 0 Å². The molecule has 1 unspecified atom stereocenters. The minimum atomic E-state index is -0.980. The molecule has 8 rings (SSSR count). The average Bonchev–Trinajstić information content (AvgIpc) is 3.79. The second-order valence-electron chi connectivity index (χ2n) is 14.3. The lowest BCUT2D eigenvalue weighted by Crippen LogP contribution is -2.54. The molecule has 4 amide bonds. The molecule has 0 spiro atoms. The summed E-state index contributed by atoms with van der Waals surface area (Å²) in [7, 11) is 0. The van der Waals surface area contributed by atoms with Gasteiger partial charge in [0.15, 0.2) is 0 Å². The highest BCUT2D eigenvalue weighted by Gasteiger charge is 2.44. The fraction of sp³-hybridized carbons (Fsp3) is 0.279. The van der Waals surface area contributed by atoms with Crippen molar-refractivity contribution in [2.24, 2.45) is 0 Å². The number of tetrazole rings is 1. The molecule has 1 atom stereocenters. The van der Waals surface area contributed by atoms with Gasteiger partial charge in [-0.3, -0.25) is 34.3 Å². The van der Waals surface area contributed by atoms with E-state index in [0.29, 0.717) is 17.9 Å². The maximum atomic E-state index is 13.3. The first-order valence-corrected chi connectivity index (χ1v) is 19.1. The number of piperidine rings is 1. The number of carbonyl (C=O) groups is 4. The molecule has 3 aliphatic heterocycles. The highest BCUT2D eigenvalue weighted by Crippen LogP contribution is 2.36. The Hall–Kier alpha value is -6.47. The quantitative estimate of drug-likeness (QED) is 0.139. The molecule has 13 heteroatoms. The van der Waals surface area contributed by atoms with E-state index in [1.54, 1.807) is 29.1 Å². The number of hydrogen-bond acceptors (Lipinski definition) is 10. The Bertz CT molecular complexity index is 2310. The van der Waals surface area contributed by atoms with E-state index in [9.17, 15) is 24.3 Å². The Morgan fingerprint density at radius 3 is 2.18 bits per heavy atom. The fourth-order valence-corrected chi connectivity index (χ4v) is 7.87. The molecule has 1 aromatic heterocycles. The maximum Gasteiger partial charge on any atom is 0.262 e. The molecule has 56 heavy (non-hydrogen) atoms. The topological polar surface area (TPSA) is 154 Å². The number of phenolic OH excluding ortho intramolecular Hbond substituents is 1. The van der Waals surface area contributed by atoms with Gasteiger partial charge < -0.3 is 10.0 Å². The van der Waals surface area contributed by atoms with Crippen molar-refractivity contribution in [2.75, 3.05) is 37.6 Å². The second kappa shape index (κ2) is 15.7. The number of allylic oxidation sites excluding steroid dienone is 1. The molecule has 284 valence electrons. The van der Waals surface area contributed by atoms with Gasteiger partial charge in [0.1, 0.15) is 11.8 Å². The number of nitrogens with one attached hydrogen (secondary N) is 1. The molecule has 13 nitrogen and oxygen atoms in total. The summed E-state index contributed by atoms with van der Waals surface area (Å²) in [5.74, 6) is -1.21. The Kier molecular flexibility index (Phi) is 10.2. The number of phenols is 1. The number of anilines is 1. The Labute approximate surface area is 324 Å². The molecule has 2 saturated heterocycles. The number of imide groups is 2. The van der Waals surface area contributed by atoms with E-state index in [1.807, 2.05) is 48.5 Å². The van der Waals surface area contributed by atoms with Crippen molar-refractivity contribution in [1.82, 2.24) is 35.3 Å². The summed E-state index contributed by atoms with van der Waals surface area (Å²) in [6.45, 7) is 6.83. The number of rotatable bonds is 11. The van der Waals surface area contributed by atoms with Crippen LogP contribution < -0.4 is 10.2 Å². The van der Waals surface area contributed by atoms with E-state index in [-0.39, 0.29) is 24.2 Å². The third-order valence-corrected chi connectivity index (χ3v) is 10.8. The fourth-order valence-electron chi connectivity index (χ4n) is 7.87. The van der Waals surface area contributed by atoms with E-state index in [0.717, 1.165) is 84.0 Å². The molecule has 0 radical (unpaired) electrons. The van der Waals surface area contributed by atoms with Crippen LogP contribution in [0.5, 0.6) is 5.75 Å². The van der Waals surface area contributed by atoms with Crippen LogP contribution in [0.4, 0.5) is 5.69 Å². The number of nitrogens with zero attached hydrogens (tertiary/aromatic N) is 7. The first-order valence-electron chi connectivity index (χ1n) is 19.1. The van der Waals surface area contributed by atoms with Crippen LogP contribution in [0.25, 0.3) is 22.5 Å². The van der Waals surface area contributed by atoms with E-state index in [1.165, 1.54) is 5.57 Å². The van der Waals surface area contributed by atoms with Crippen molar-refractivity contribution in [3.63, 3.8) is 0 Å². The predicted molar refractivity (Wildman–Crippen MR) is 210 cm³/mol. The van der Waals surface area contributed by atoms with Crippen molar-refractivity contribution >= 4 is 40.5 Å². The summed E-state index contributed by atoms with van der Waals surface area (Å²) >= 11 is 0. The summed E-state index contributed by atoms with van der Waals surface area (Å²) in [5.41, 5.74) is 7.88. The van der Waals surface area contributed by atoms with E-state index < -0.39 is 29.7 Å². The van der Waals surface area contributed by atoms with Gasteiger partial charge in [-0.15, -0.1) is 10.2 Å². The number of hydrogen-bond donors (Lipinski definition) is 2. The molecule has 2 fully saturated rings. The van der Waals surface area contributed by atoms with Gasteiger partial charge in [-0.25, -0.2) is 0 Å². The van der Waals surface area contributed by atoms with Gasteiger partial charge in [-0.1, -0.05) is 73.7 Å². The maximum absolute atomic E-state index is 13.3. The van der Waals surface area contributed by atoms with Crippen LogP contribution in [-0.2, 0) is 16.1 Å². The lowest BCUT2D eigenvalue weighted by atomic mass is 9.88. The van der Waals surface area contributed by atoms with E-state index in [2.05, 4.69) is 61.7 Å². The molecule has 4 heterocycles. The monoisotopic (exact) mass is 750 g/mol. The van der Waals surface area contributed by atoms with Crippen molar-refractivity contribution in [1.29, 1.82) is 0 Å².